The summed E-state index contributed by atoms with van der Waals surface area (Å²) in [5, 5.41) is 13.4. The Hall–Kier alpha value is -3.18. The molecule has 29 heavy (non-hydrogen) atoms. The number of nitro groups is 1. The number of nitrogens with zero attached hydrogens (tertiary/aromatic N) is 2. The van der Waals surface area contributed by atoms with Crippen molar-refractivity contribution in [1.82, 2.24) is 4.31 Å². The average Bonchev–Trinajstić information content (AvgIpc) is 2.66. The van der Waals surface area contributed by atoms with Crippen LogP contribution in [0.3, 0.4) is 0 Å². The van der Waals surface area contributed by atoms with Gasteiger partial charge in [-0.15, -0.1) is 0 Å². The number of carbonyl (C=O) groups is 1. The highest BCUT2D eigenvalue weighted by molar-refractivity contribution is 7.88. The highest BCUT2D eigenvalue weighted by Gasteiger charge is 2.14. The van der Waals surface area contributed by atoms with Gasteiger partial charge in [0, 0.05) is 25.7 Å². The van der Waals surface area contributed by atoms with Gasteiger partial charge in [-0.25, -0.2) is 12.7 Å². The van der Waals surface area contributed by atoms with Crippen molar-refractivity contribution in [3.8, 4) is 11.5 Å². The monoisotopic (exact) mass is 423 g/mol. The van der Waals surface area contributed by atoms with Gasteiger partial charge in [-0.05, 0) is 23.8 Å². The summed E-state index contributed by atoms with van der Waals surface area (Å²) in [5.74, 6) is 0.171. The van der Waals surface area contributed by atoms with E-state index in [2.05, 4.69) is 5.32 Å². The third-order valence-electron chi connectivity index (χ3n) is 3.93. The van der Waals surface area contributed by atoms with E-state index < -0.39 is 20.9 Å². The Bertz CT molecular complexity index is 991. The SMILES string of the molecule is COc1ccc([N+](=O)[O-])cc1NC(=O)COc1ccc(CN(C)S(C)(=O)=O)cc1. The molecule has 0 unspecified atom stereocenters. The first-order valence-electron chi connectivity index (χ1n) is 8.35. The summed E-state index contributed by atoms with van der Waals surface area (Å²) < 4.78 is 34.6. The number of ether oxygens (including phenoxy) is 2. The molecule has 0 radical (unpaired) electrons. The zero-order valence-corrected chi connectivity index (χ0v) is 16.9. The summed E-state index contributed by atoms with van der Waals surface area (Å²) in [6, 6.07) is 10.5. The van der Waals surface area contributed by atoms with Crippen molar-refractivity contribution in [2.24, 2.45) is 0 Å². The van der Waals surface area contributed by atoms with Crippen LogP contribution in [0.15, 0.2) is 42.5 Å². The van der Waals surface area contributed by atoms with Gasteiger partial charge in [0.1, 0.15) is 11.5 Å². The Morgan fingerprint density at radius 1 is 1.21 bits per heavy atom. The summed E-state index contributed by atoms with van der Waals surface area (Å²) in [5.41, 5.74) is 0.738. The predicted molar refractivity (Wildman–Crippen MR) is 107 cm³/mol. The maximum absolute atomic E-state index is 12.1. The van der Waals surface area contributed by atoms with Crippen LogP contribution in [0.2, 0.25) is 0 Å². The van der Waals surface area contributed by atoms with Gasteiger partial charge in [0.15, 0.2) is 6.61 Å². The van der Waals surface area contributed by atoms with E-state index in [0.29, 0.717) is 5.75 Å². The van der Waals surface area contributed by atoms with E-state index in [-0.39, 0.29) is 30.3 Å². The fourth-order valence-corrected chi connectivity index (χ4v) is 2.69. The molecule has 0 atom stereocenters. The molecule has 0 aromatic heterocycles. The molecule has 0 fully saturated rings. The first-order valence-corrected chi connectivity index (χ1v) is 10.2. The van der Waals surface area contributed by atoms with Crippen LogP contribution in [0.4, 0.5) is 11.4 Å². The Morgan fingerprint density at radius 2 is 1.86 bits per heavy atom. The lowest BCUT2D eigenvalue weighted by atomic mass is 10.2. The molecule has 2 aromatic rings. The Labute approximate surface area is 168 Å². The zero-order chi connectivity index (χ0) is 21.6. The molecule has 0 saturated heterocycles. The average molecular weight is 423 g/mol. The maximum atomic E-state index is 12.1. The van der Waals surface area contributed by atoms with Gasteiger partial charge in [0.2, 0.25) is 10.0 Å². The van der Waals surface area contributed by atoms with Gasteiger partial charge in [-0.2, -0.15) is 0 Å². The van der Waals surface area contributed by atoms with Crippen molar-refractivity contribution >= 4 is 27.3 Å². The minimum absolute atomic E-state index is 0.162. The van der Waals surface area contributed by atoms with Gasteiger partial charge in [-0.3, -0.25) is 14.9 Å². The standard InChI is InChI=1S/C18H21N3O7S/c1-20(29(3,25)26)11-13-4-7-15(8-5-13)28-12-18(22)19-16-10-14(21(23)24)6-9-17(16)27-2/h4-10H,11-12H2,1-3H3,(H,19,22). The first kappa shape index (κ1) is 22.1. The van der Waals surface area contributed by atoms with Crippen LogP contribution < -0.4 is 14.8 Å². The number of non-ortho nitro benzene ring substituents is 1. The Kier molecular flexibility index (Phi) is 7.13. The molecule has 156 valence electrons. The number of methoxy groups -OCH3 is 1. The topological polar surface area (TPSA) is 128 Å². The molecule has 10 nitrogen and oxygen atoms in total. The van der Waals surface area contributed by atoms with Gasteiger partial charge in [0.25, 0.3) is 11.6 Å². The number of carbonyl (C=O) groups excluding carboxylic acids is 1. The van der Waals surface area contributed by atoms with Gasteiger partial charge in [0.05, 0.1) is 24.0 Å². The number of amides is 1. The molecule has 11 heteroatoms. The van der Waals surface area contributed by atoms with Crippen LogP contribution in [0.1, 0.15) is 5.56 Å². The number of sulfonamides is 1. The van der Waals surface area contributed by atoms with Gasteiger partial charge >= 0.3 is 0 Å². The van der Waals surface area contributed by atoms with Crippen molar-refractivity contribution < 1.29 is 27.6 Å². The van der Waals surface area contributed by atoms with E-state index in [1.807, 2.05) is 0 Å². The molecule has 0 aliphatic rings. The minimum Gasteiger partial charge on any atom is -0.495 e. The van der Waals surface area contributed by atoms with E-state index in [1.54, 1.807) is 24.3 Å². The molecule has 0 saturated carbocycles. The summed E-state index contributed by atoms with van der Waals surface area (Å²) in [6.07, 6.45) is 1.12. The predicted octanol–water partition coefficient (Wildman–Crippen LogP) is 2.01. The first-order chi connectivity index (χ1) is 13.6. The maximum Gasteiger partial charge on any atom is 0.271 e. The number of nitrogens with one attached hydrogen (secondary N) is 1. The van der Waals surface area contributed by atoms with E-state index in [9.17, 15) is 23.3 Å². The molecular formula is C18H21N3O7S. The summed E-state index contributed by atoms with van der Waals surface area (Å²) in [6.45, 7) is -0.111. The van der Waals surface area contributed by atoms with Crippen LogP contribution in [0.5, 0.6) is 11.5 Å². The molecule has 2 aromatic carbocycles. The Morgan fingerprint density at radius 3 is 2.41 bits per heavy atom. The largest absolute Gasteiger partial charge is 0.495 e. The number of nitro benzene ring substituents is 1. The lowest BCUT2D eigenvalue weighted by Crippen LogP contribution is -2.24. The molecule has 2 rings (SSSR count). The molecular weight excluding hydrogens is 402 g/mol. The van der Waals surface area contributed by atoms with E-state index in [0.717, 1.165) is 11.8 Å². The van der Waals surface area contributed by atoms with Crippen LogP contribution in [0, 0.1) is 10.1 Å². The minimum atomic E-state index is -3.28. The number of benzene rings is 2. The van der Waals surface area contributed by atoms with Crippen molar-refractivity contribution in [2.45, 2.75) is 6.54 Å². The molecule has 0 spiro atoms. The fraction of sp³-hybridized carbons (Fsp3) is 0.278. The quantitative estimate of drug-likeness (QED) is 0.482. The van der Waals surface area contributed by atoms with E-state index in [4.69, 9.17) is 9.47 Å². The van der Waals surface area contributed by atoms with Crippen LogP contribution in [-0.2, 0) is 21.4 Å². The summed E-state index contributed by atoms with van der Waals surface area (Å²) in [7, 11) is -0.416. The van der Waals surface area contributed by atoms with Crippen molar-refractivity contribution in [3.05, 3.63) is 58.1 Å². The second-order valence-electron chi connectivity index (χ2n) is 6.14. The third-order valence-corrected chi connectivity index (χ3v) is 5.19. The molecule has 0 bridgehead atoms. The third kappa shape index (κ3) is 6.43. The number of hydrogen-bond donors (Lipinski definition) is 1. The molecule has 1 amide bonds. The molecule has 0 heterocycles. The second kappa shape index (κ2) is 9.34. The highest BCUT2D eigenvalue weighted by atomic mass is 32.2. The summed E-state index contributed by atoms with van der Waals surface area (Å²) >= 11 is 0. The normalized spacial score (nSPS) is 11.2. The summed E-state index contributed by atoms with van der Waals surface area (Å²) in [4.78, 5) is 22.4. The smallest absolute Gasteiger partial charge is 0.271 e. The number of rotatable bonds is 9. The number of anilines is 1. The van der Waals surface area contributed by atoms with E-state index >= 15 is 0 Å². The second-order valence-corrected chi connectivity index (χ2v) is 8.23. The van der Waals surface area contributed by atoms with Crippen molar-refractivity contribution in [3.63, 3.8) is 0 Å². The van der Waals surface area contributed by atoms with Gasteiger partial charge in [-0.1, -0.05) is 12.1 Å². The lowest BCUT2D eigenvalue weighted by Gasteiger charge is -2.14. The molecule has 0 aliphatic carbocycles. The van der Waals surface area contributed by atoms with Crippen LogP contribution >= 0.6 is 0 Å². The Balaban J connectivity index is 1.96. The number of hydrogen-bond acceptors (Lipinski definition) is 7. The lowest BCUT2D eigenvalue weighted by molar-refractivity contribution is -0.384. The zero-order valence-electron chi connectivity index (χ0n) is 16.1. The van der Waals surface area contributed by atoms with Crippen molar-refractivity contribution in [1.29, 1.82) is 0 Å². The highest BCUT2D eigenvalue weighted by Crippen LogP contribution is 2.28. The van der Waals surface area contributed by atoms with E-state index in [1.165, 1.54) is 36.7 Å². The molecule has 1 N–H and O–H groups in total. The van der Waals surface area contributed by atoms with Crippen LogP contribution in [-0.4, -0.2) is 50.6 Å². The van der Waals surface area contributed by atoms with Crippen molar-refractivity contribution in [2.75, 3.05) is 32.3 Å². The van der Waals surface area contributed by atoms with Gasteiger partial charge < -0.3 is 14.8 Å². The fourth-order valence-electron chi connectivity index (χ4n) is 2.31. The molecule has 0 aliphatic heterocycles. The van der Waals surface area contributed by atoms with Crippen LogP contribution in [0.25, 0.3) is 0 Å².